The summed E-state index contributed by atoms with van der Waals surface area (Å²) in [4.78, 5) is 30.6. The van der Waals surface area contributed by atoms with Crippen LogP contribution in [0, 0.1) is 5.82 Å². The lowest BCUT2D eigenvalue weighted by atomic mass is 9.87. The molecule has 34 heavy (non-hydrogen) atoms. The number of hydrogen-bond donors (Lipinski definition) is 1. The minimum absolute atomic E-state index is 0.0788. The summed E-state index contributed by atoms with van der Waals surface area (Å²) in [7, 11) is 1.65. The van der Waals surface area contributed by atoms with Crippen molar-refractivity contribution in [2.75, 3.05) is 18.4 Å². The van der Waals surface area contributed by atoms with E-state index in [2.05, 4.69) is 10.3 Å². The quantitative estimate of drug-likeness (QED) is 0.486. The molecule has 3 aromatic rings. The fourth-order valence-electron chi connectivity index (χ4n) is 4.21. The second-order valence-electron chi connectivity index (χ2n) is 9.44. The summed E-state index contributed by atoms with van der Waals surface area (Å²) < 4.78 is 22.2. The van der Waals surface area contributed by atoms with Crippen LogP contribution in [0.4, 0.5) is 14.9 Å². The number of carbonyl (C=O) groups excluding carboxylic acids is 1. The van der Waals surface area contributed by atoms with E-state index in [9.17, 15) is 9.59 Å². The van der Waals surface area contributed by atoms with E-state index in [4.69, 9.17) is 27.9 Å². The molecule has 4 rings (SSSR count). The Morgan fingerprint density at radius 2 is 1.97 bits per heavy atom. The summed E-state index contributed by atoms with van der Waals surface area (Å²) in [6, 6.07) is 7.97. The highest BCUT2D eigenvalue weighted by molar-refractivity contribution is 6.42. The summed E-state index contributed by atoms with van der Waals surface area (Å²) in [5.74, 6) is -0.539. The number of aromatic nitrogens is 2. The molecule has 1 N–H and O–H groups in total. The monoisotopic (exact) mass is 506 g/mol. The van der Waals surface area contributed by atoms with Crippen LogP contribution >= 0.6 is 23.2 Å². The molecule has 1 atom stereocenters. The second-order valence-corrected chi connectivity index (χ2v) is 10.2. The van der Waals surface area contributed by atoms with Crippen LogP contribution in [0.1, 0.15) is 32.8 Å². The predicted octanol–water partition coefficient (Wildman–Crippen LogP) is 5.33. The van der Waals surface area contributed by atoms with Gasteiger partial charge in [-0.2, -0.15) is 0 Å². The van der Waals surface area contributed by atoms with Gasteiger partial charge in [-0.3, -0.25) is 4.79 Å². The van der Waals surface area contributed by atoms with Crippen LogP contribution in [0.3, 0.4) is 0 Å². The van der Waals surface area contributed by atoms with Gasteiger partial charge in [0.25, 0.3) is 5.56 Å². The van der Waals surface area contributed by atoms with Gasteiger partial charge in [-0.15, -0.1) is 0 Å². The Morgan fingerprint density at radius 1 is 1.24 bits per heavy atom. The zero-order chi connectivity index (χ0) is 24.8. The largest absolute Gasteiger partial charge is 0.444 e. The minimum atomic E-state index is -1.09. The van der Waals surface area contributed by atoms with E-state index in [1.165, 1.54) is 27.8 Å². The van der Waals surface area contributed by atoms with Crippen LogP contribution in [0.25, 0.3) is 11.0 Å². The molecule has 0 radical (unpaired) electrons. The van der Waals surface area contributed by atoms with Gasteiger partial charge in [-0.1, -0.05) is 23.2 Å². The average Bonchev–Trinajstić information content (AvgIpc) is 3.18. The lowest BCUT2D eigenvalue weighted by molar-refractivity contribution is 0.0286. The molecular formula is C24H25Cl2FN4O3. The standard InChI is InChI=1S/C24H25Cl2FN4O3/c1-23(2,3)34-22(33)31-10-9-24(13-31,20-16(27)7-6-15(25)21(20)26)29-14-5-8-17-18(11-14)30(4)19(32)12-28-17/h5-8,11-12,29H,9-10,13H2,1-4H3. The molecule has 0 spiro atoms. The van der Waals surface area contributed by atoms with Gasteiger partial charge in [0.05, 0.1) is 39.4 Å². The van der Waals surface area contributed by atoms with Gasteiger partial charge < -0.3 is 19.5 Å². The molecule has 1 saturated heterocycles. The SMILES string of the molecule is Cn1c(=O)cnc2ccc(NC3(c4c(F)ccc(Cl)c4Cl)CCN(C(=O)OC(C)(C)C)C3)cc21. The third-order valence-corrected chi connectivity index (χ3v) is 6.61. The molecular weight excluding hydrogens is 482 g/mol. The highest BCUT2D eigenvalue weighted by Gasteiger charge is 2.46. The van der Waals surface area contributed by atoms with Gasteiger partial charge in [-0.05, 0) is 57.5 Å². The van der Waals surface area contributed by atoms with Crippen LogP contribution in [-0.2, 0) is 17.3 Å². The van der Waals surface area contributed by atoms with Gasteiger partial charge >= 0.3 is 6.09 Å². The van der Waals surface area contributed by atoms with E-state index < -0.39 is 23.1 Å². The van der Waals surface area contributed by atoms with Crippen LogP contribution < -0.4 is 10.9 Å². The summed E-state index contributed by atoms with van der Waals surface area (Å²) >= 11 is 12.8. The number of nitrogens with zero attached hydrogens (tertiary/aromatic N) is 3. The van der Waals surface area contributed by atoms with Crippen molar-refractivity contribution in [1.82, 2.24) is 14.5 Å². The number of aryl methyl sites for hydroxylation is 1. The number of nitrogens with one attached hydrogen (secondary N) is 1. The molecule has 2 aromatic carbocycles. The van der Waals surface area contributed by atoms with Crippen molar-refractivity contribution < 1.29 is 13.9 Å². The van der Waals surface area contributed by atoms with Crippen molar-refractivity contribution in [2.45, 2.75) is 38.3 Å². The summed E-state index contributed by atoms with van der Waals surface area (Å²) in [5, 5.41) is 3.68. The summed E-state index contributed by atoms with van der Waals surface area (Å²) in [5.41, 5.74) is 0.00988. The molecule has 7 nitrogen and oxygen atoms in total. The average molecular weight is 507 g/mol. The van der Waals surface area contributed by atoms with E-state index in [0.29, 0.717) is 29.7 Å². The Morgan fingerprint density at radius 3 is 2.68 bits per heavy atom. The van der Waals surface area contributed by atoms with Gasteiger partial charge in [0.15, 0.2) is 0 Å². The van der Waals surface area contributed by atoms with Crippen LogP contribution in [0.15, 0.2) is 41.3 Å². The van der Waals surface area contributed by atoms with Crippen LogP contribution in [0.5, 0.6) is 0 Å². The lowest BCUT2D eigenvalue weighted by Gasteiger charge is -2.34. The number of amides is 1. The van der Waals surface area contributed by atoms with Crippen molar-refractivity contribution in [3.63, 3.8) is 0 Å². The van der Waals surface area contributed by atoms with Crippen molar-refractivity contribution in [1.29, 1.82) is 0 Å². The third kappa shape index (κ3) is 4.57. The van der Waals surface area contributed by atoms with Crippen LogP contribution in [-0.4, -0.2) is 39.2 Å². The molecule has 1 aromatic heterocycles. The Bertz CT molecular complexity index is 1340. The normalized spacial score (nSPS) is 18.4. The fourth-order valence-corrected chi connectivity index (χ4v) is 4.70. The Balaban J connectivity index is 1.80. The number of hydrogen-bond acceptors (Lipinski definition) is 5. The number of fused-ring (bicyclic) bond motifs is 1. The van der Waals surface area contributed by atoms with E-state index in [1.54, 1.807) is 46.0 Å². The molecule has 1 amide bonds. The van der Waals surface area contributed by atoms with Crippen molar-refractivity contribution >= 4 is 46.0 Å². The van der Waals surface area contributed by atoms with Gasteiger partial charge in [0.2, 0.25) is 0 Å². The number of likely N-dealkylation sites (tertiary alicyclic amines) is 1. The summed E-state index contributed by atoms with van der Waals surface area (Å²) in [6.07, 6.45) is 1.11. The topological polar surface area (TPSA) is 76.5 Å². The van der Waals surface area contributed by atoms with Crippen molar-refractivity contribution in [3.8, 4) is 0 Å². The summed E-state index contributed by atoms with van der Waals surface area (Å²) in [6.45, 7) is 5.77. The molecule has 0 bridgehead atoms. The smallest absolute Gasteiger partial charge is 0.410 e. The minimum Gasteiger partial charge on any atom is -0.444 e. The van der Waals surface area contributed by atoms with Crippen molar-refractivity contribution in [3.05, 3.63) is 68.3 Å². The van der Waals surface area contributed by atoms with Crippen LogP contribution in [0.2, 0.25) is 10.0 Å². The molecule has 2 heterocycles. The first-order valence-electron chi connectivity index (χ1n) is 10.8. The Hall–Kier alpha value is -2.84. The molecule has 0 aliphatic carbocycles. The zero-order valence-electron chi connectivity index (χ0n) is 19.3. The van der Waals surface area contributed by atoms with Crippen molar-refractivity contribution in [2.24, 2.45) is 7.05 Å². The van der Waals surface area contributed by atoms with Gasteiger partial charge in [0.1, 0.15) is 11.4 Å². The molecule has 1 aliphatic rings. The molecule has 10 heteroatoms. The number of anilines is 1. The first kappa shape index (κ1) is 24.3. The second kappa shape index (κ2) is 8.74. The zero-order valence-corrected chi connectivity index (χ0v) is 20.8. The highest BCUT2D eigenvalue weighted by Crippen LogP contribution is 2.43. The maximum Gasteiger partial charge on any atom is 0.410 e. The molecule has 1 fully saturated rings. The van der Waals surface area contributed by atoms with E-state index in [-0.39, 0.29) is 27.7 Å². The highest BCUT2D eigenvalue weighted by atomic mass is 35.5. The number of rotatable bonds is 3. The number of halogens is 3. The maximum atomic E-state index is 15.2. The number of ether oxygens (including phenoxy) is 1. The molecule has 180 valence electrons. The maximum absolute atomic E-state index is 15.2. The fraction of sp³-hybridized carbons (Fsp3) is 0.375. The number of carbonyl (C=O) groups is 1. The van der Waals surface area contributed by atoms with E-state index in [1.807, 2.05) is 0 Å². The van der Waals surface area contributed by atoms with Gasteiger partial charge in [0, 0.05) is 24.8 Å². The lowest BCUT2D eigenvalue weighted by Crippen LogP contribution is -2.42. The first-order valence-corrected chi connectivity index (χ1v) is 11.5. The van der Waals surface area contributed by atoms with Gasteiger partial charge in [-0.25, -0.2) is 14.2 Å². The first-order chi connectivity index (χ1) is 15.9. The Kier molecular flexibility index (Phi) is 6.25. The predicted molar refractivity (Wildman–Crippen MR) is 131 cm³/mol. The molecule has 1 aliphatic heterocycles. The third-order valence-electron chi connectivity index (χ3n) is 5.81. The molecule has 1 unspecified atom stereocenters. The number of benzene rings is 2. The van der Waals surface area contributed by atoms with E-state index >= 15 is 4.39 Å². The Labute approximate surface area is 206 Å². The van der Waals surface area contributed by atoms with E-state index in [0.717, 1.165) is 0 Å². The molecule has 0 saturated carbocycles.